The maximum atomic E-state index is 14.4. The molecule has 0 spiro atoms. The van der Waals surface area contributed by atoms with E-state index < -0.39 is 17.7 Å². The number of ether oxygens (including phenoxy) is 1. The first-order valence-electron chi connectivity index (χ1n) is 12.1. The number of halogens is 4. The molecule has 0 bridgehead atoms. The average molecular weight is 539 g/mol. The molecule has 6 rings (SSSR count). The van der Waals surface area contributed by atoms with Gasteiger partial charge in [0, 0.05) is 42.0 Å². The molecule has 39 heavy (non-hydrogen) atoms. The van der Waals surface area contributed by atoms with E-state index in [2.05, 4.69) is 25.0 Å². The zero-order chi connectivity index (χ0) is 27.3. The van der Waals surface area contributed by atoms with Crippen LogP contribution in [0.5, 0.6) is 0 Å². The van der Waals surface area contributed by atoms with Crippen molar-refractivity contribution in [2.24, 2.45) is 0 Å². The number of fused-ring (bicyclic) bond motifs is 1. The molecular weight excluding hydrogens is 516 g/mol. The molecule has 5 aromatic rings. The summed E-state index contributed by atoms with van der Waals surface area (Å²) in [5.74, 6) is -0.00138. The van der Waals surface area contributed by atoms with E-state index in [0.29, 0.717) is 36.8 Å². The molecule has 9 nitrogen and oxygen atoms in total. The average Bonchev–Trinajstić information content (AvgIpc) is 3.53. The Hall–Kier alpha value is -4.39. The van der Waals surface area contributed by atoms with E-state index >= 15 is 0 Å². The first kappa shape index (κ1) is 24.9. The van der Waals surface area contributed by atoms with Gasteiger partial charge in [0.1, 0.15) is 17.3 Å². The highest BCUT2D eigenvalue weighted by atomic mass is 19.4. The van der Waals surface area contributed by atoms with Crippen LogP contribution in [0.4, 0.5) is 23.4 Å². The van der Waals surface area contributed by atoms with Crippen molar-refractivity contribution in [3.63, 3.8) is 0 Å². The van der Waals surface area contributed by atoms with Crippen LogP contribution in [0.15, 0.2) is 49.1 Å². The van der Waals surface area contributed by atoms with Gasteiger partial charge >= 0.3 is 6.18 Å². The van der Waals surface area contributed by atoms with Gasteiger partial charge in [-0.15, -0.1) is 0 Å². The largest absolute Gasteiger partial charge is 0.435 e. The summed E-state index contributed by atoms with van der Waals surface area (Å²) < 4.78 is 63.7. The fraction of sp³-hybridized carbons (Fsp3) is 0.269. The fourth-order valence-corrected chi connectivity index (χ4v) is 4.83. The number of rotatable bonds is 4. The number of aromatic amines is 1. The van der Waals surface area contributed by atoms with E-state index in [1.807, 2.05) is 17.9 Å². The summed E-state index contributed by atoms with van der Waals surface area (Å²) in [6.07, 6.45) is 0.714. The number of hydrogen-bond donors (Lipinski definition) is 1. The van der Waals surface area contributed by atoms with Gasteiger partial charge in [-0.05, 0) is 26.0 Å². The molecule has 6 heterocycles. The Morgan fingerprint density at radius 2 is 1.97 bits per heavy atom. The molecule has 0 aromatic carbocycles. The molecule has 1 saturated heterocycles. The van der Waals surface area contributed by atoms with Crippen LogP contribution in [-0.4, -0.2) is 60.5 Å². The van der Waals surface area contributed by atoms with Crippen molar-refractivity contribution >= 4 is 16.9 Å². The molecule has 1 aliphatic heterocycles. The molecule has 1 N–H and O–H groups in total. The summed E-state index contributed by atoms with van der Waals surface area (Å²) in [5, 5.41) is 4.57. The van der Waals surface area contributed by atoms with Gasteiger partial charge in [0.25, 0.3) is 0 Å². The number of aromatic nitrogens is 7. The zero-order valence-corrected chi connectivity index (χ0v) is 20.9. The highest BCUT2D eigenvalue weighted by molar-refractivity contribution is 5.91. The lowest BCUT2D eigenvalue weighted by atomic mass is 10.1. The number of H-pyrrole nitrogens is 1. The first-order chi connectivity index (χ1) is 18.7. The van der Waals surface area contributed by atoms with E-state index in [1.165, 1.54) is 19.2 Å². The third-order valence-electron chi connectivity index (χ3n) is 6.65. The minimum atomic E-state index is -4.81. The number of anilines is 1. The Balaban J connectivity index is 1.61. The molecule has 5 aromatic heterocycles. The highest BCUT2D eigenvalue weighted by Gasteiger charge is 2.40. The predicted octanol–water partition coefficient (Wildman–Crippen LogP) is 4.96. The molecule has 1 fully saturated rings. The lowest BCUT2D eigenvalue weighted by Gasteiger charge is -2.34. The van der Waals surface area contributed by atoms with Crippen molar-refractivity contribution in [1.29, 1.82) is 0 Å². The minimum Gasteiger partial charge on any atom is -0.377 e. The summed E-state index contributed by atoms with van der Waals surface area (Å²) in [6, 6.07) is 6.08. The van der Waals surface area contributed by atoms with Crippen molar-refractivity contribution in [2.45, 2.75) is 26.1 Å². The lowest BCUT2D eigenvalue weighted by molar-refractivity contribution is -0.140. The summed E-state index contributed by atoms with van der Waals surface area (Å²) in [7, 11) is 0. The van der Waals surface area contributed by atoms with Gasteiger partial charge < -0.3 is 14.6 Å². The van der Waals surface area contributed by atoms with Gasteiger partial charge in [0.15, 0.2) is 11.5 Å². The summed E-state index contributed by atoms with van der Waals surface area (Å²) in [4.78, 5) is 22.5. The van der Waals surface area contributed by atoms with Gasteiger partial charge in [0.05, 0.1) is 54.3 Å². The number of nitrogens with one attached hydrogen (secondary N) is 1. The second-order valence-corrected chi connectivity index (χ2v) is 9.23. The first-order valence-corrected chi connectivity index (χ1v) is 12.1. The van der Waals surface area contributed by atoms with Crippen LogP contribution in [0.25, 0.3) is 39.4 Å². The number of nitrogens with zero attached hydrogens (tertiary/aromatic N) is 7. The topological polar surface area (TPSA) is 97.6 Å². The number of morpholine rings is 1. The van der Waals surface area contributed by atoms with Crippen LogP contribution in [0.1, 0.15) is 18.3 Å². The molecule has 0 aliphatic carbocycles. The summed E-state index contributed by atoms with van der Waals surface area (Å²) >= 11 is 0. The lowest BCUT2D eigenvalue weighted by Crippen LogP contribution is -2.44. The zero-order valence-electron chi connectivity index (χ0n) is 20.9. The third-order valence-corrected chi connectivity index (χ3v) is 6.65. The van der Waals surface area contributed by atoms with Crippen LogP contribution in [0.3, 0.4) is 0 Å². The molecule has 1 aliphatic rings. The van der Waals surface area contributed by atoms with E-state index in [-0.39, 0.29) is 34.5 Å². The SMILES string of the molecule is Cc1c(-c2cc(N3CCOC[C@H]3C)nc(-c3ccnc4[nH]ccc34)n2)c(C(F)(F)F)nn1-c1cncc(F)c1. The van der Waals surface area contributed by atoms with Gasteiger partial charge in [-0.3, -0.25) is 4.98 Å². The van der Waals surface area contributed by atoms with Crippen LogP contribution in [0.2, 0.25) is 0 Å². The Bertz CT molecular complexity index is 1680. The number of alkyl halides is 3. The van der Waals surface area contributed by atoms with E-state index in [4.69, 9.17) is 9.72 Å². The highest BCUT2D eigenvalue weighted by Crippen LogP contribution is 2.40. The molecule has 200 valence electrons. The number of pyridine rings is 2. The van der Waals surface area contributed by atoms with E-state index in [1.54, 1.807) is 18.5 Å². The van der Waals surface area contributed by atoms with Crippen molar-refractivity contribution in [2.75, 3.05) is 24.7 Å². The van der Waals surface area contributed by atoms with Gasteiger partial charge in [-0.1, -0.05) is 0 Å². The van der Waals surface area contributed by atoms with Crippen LogP contribution in [-0.2, 0) is 10.9 Å². The van der Waals surface area contributed by atoms with Gasteiger partial charge in [-0.25, -0.2) is 24.0 Å². The normalized spacial score (nSPS) is 16.3. The molecule has 0 saturated carbocycles. The van der Waals surface area contributed by atoms with Crippen molar-refractivity contribution in [1.82, 2.24) is 34.7 Å². The quantitative estimate of drug-likeness (QED) is 0.323. The molecule has 1 atom stereocenters. The molecular formula is C26H22F4N8O. The van der Waals surface area contributed by atoms with Crippen LogP contribution >= 0.6 is 0 Å². The van der Waals surface area contributed by atoms with Crippen molar-refractivity contribution in [3.05, 3.63) is 66.3 Å². The molecule has 0 unspecified atom stereocenters. The standard InChI is InChI=1S/C26H22F4N8O/c1-14-13-39-8-7-37(14)21-10-20(34-25(35-21)19-4-6-33-24-18(19)3-5-32-24)22-15(2)38(36-23(22)26(28,29)30)17-9-16(27)11-31-12-17/h3-6,9-12,14H,7-8,13H2,1-2H3,(H,32,33)/t14-/m1/s1. The second kappa shape index (κ2) is 9.42. The van der Waals surface area contributed by atoms with Crippen molar-refractivity contribution in [3.8, 4) is 28.3 Å². The second-order valence-electron chi connectivity index (χ2n) is 9.23. The maximum absolute atomic E-state index is 14.4. The smallest absolute Gasteiger partial charge is 0.377 e. The summed E-state index contributed by atoms with van der Waals surface area (Å²) in [5.41, 5.74) is 0.0631. The Morgan fingerprint density at radius 3 is 2.74 bits per heavy atom. The number of hydrogen-bond acceptors (Lipinski definition) is 7. The van der Waals surface area contributed by atoms with Gasteiger partial charge in [-0.2, -0.15) is 18.3 Å². The van der Waals surface area contributed by atoms with Crippen LogP contribution in [0, 0.1) is 12.7 Å². The Labute approximate surface area is 219 Å². The van der Waals surface area contributed by atoms with E-state index in [0.717, 1.165) is 22.3 Å². The van der Waals surface area contributed by atoms with E-state index in [9.17, 15) is 17.6 Å². The van der Waals surface area contributed by atoms with Crippen LogP contribution < -0.4 is 4.90 Å². The van der Waals surface area contributed by atoms with Crippen molar-refractivity contribution < 1.29 is 22.3 Å². The molecule has 0 amide bonds. The monoisotopic (exact) mass is 538 g/mol. The maximum Gasteiger partial charge on any atom is 0.435 e. The molecule has 0 radical (unpaired) electrons. The Morgan fingerprint density at radius 1 is 1.13 bits per heavy atom. The Kier molecular flexibility index (Phi) is 6.02. The molecule has 13 heteroatoms. The van der Waals surface area contributed by atoms with Gasteiger partial charge in [0.2, 0.25) is 0 Å². The summed E-state index contributed by atoms with van der Waals surface area (Å²) in [6.45, 7) is 4.85. The predicted molar refractivity (Wildman–Crippen MR) is 135 cm³/mol. The fourth-order valence-electron chi connectivity index (χ4n) is 4.83. The minimum absolute atomic E-state index is 0.0367. The third kappa shape index (κ3) is 4.48.